The van der Waals surface area contributed by atoms with Crippen molar-refractivity contribution < 1.29 is 27.9 Å². The lowest BCUT2D eigenvalue weighted by Gasteiger charge is -2.44. The standard InChI is InChI=1S/C32H37N3O6S2/c36-30-21-34(43(39,40)26-12-11-25(33-19-26)17-22-13-15-41-16-14-22)20-28(23-7-3-1-4-8-23)35(30)27-18-29(42-31(27)32(37)38)24-9-5-2-6-10-24/h2,5-6,9-12,18-19,22-23,28H,1,3-4,7-8,13-17,20-21H2,(H,37,38)/t28-/m0/s1. The van der Waals surface area contributed by atoms with Crippen LogP contribution in [0.4, 0.5) is 5.69 Å². The van der Waals surface area contributed by atoms with Gasteiger partial charge in [-0.05, 0) is 67.7 Å². The SMILES string of the molecule is O=C(O)c1sc(-c2ccccc2)cc1N1C(=O)CN(S(=O)(=O)c2ccc(CC3CCOCC3)nc2)C[C@H]1C1CCCCC1. The third-order valence-electron chi connectivity index (χ3n) is 9.00. The van der Waals surface area contributed by atoms with E-state index in [1.54, 1.807) is 23.1 Å². The molecule has 1 atom stereocenters. The molecule has 2 aliphatic heterocycles. The first-order valence-corrected chi connectivity index (χ1v) is 17.3. The molecule has 1 saturated carbocycles. The van der Waals surface area contributed by atoms with Crippen molar-refractivity contribution in [3.05, 3.63) is 65.3 Å². The molecule has 2 saturated heterocycles. The topological polar surface area (TPSA) is 117 Å². The highest BCUT2D eigenvalue weighted by Gasteiger charge is 2.44. The van der Waals surface area contributed by atoms with Crippen LogP contribution >= 0.6 is 11.3 Å². The summed E-state index contributed by atoms with van der Waals surface area (Å²) < 4.78 is 34.5. The second-order valence-electron chi connectivity index (χ2n) is 11.8. The zero-order valence-electron chi connectivity index (χ0n) is 24.1. The number of ether oxygens (including phenoxy) is 1. The Morgan fingerprint density at radius 1 is 1.02 bits per heavy atom. The van der Waals surface area contributed by atoms with Gasteiger partial charge in [0, 0.05) is 36.5 Å². The first kappa shape index (κ1) is 29.9. The second-order valence-corrected chi connectivity index (χ2v) is 14.8. The molecule has 0 spiro atoms. The number of amides is 1. The number of benzene rings is 1. The molecule has 2 aromatic heterocycles. The molecule has 6 rings (SSSR count). The Morgan fingerprint density at radius 3 is 2.44 bits per heavy atom. The van der Waals surface area contributed by atoms with Crippen molar-refractivity contribution in [3.63, 3.8) is 0 Å². The van der Waals surface area contributed by atoms with Crippen molar-refractivity contribution in [1.82, 2.24) is 9.29 Å². The maximum Gasteiger partial charge on any atom is 0.348 e. The fourth-order valence-electron chi connectivity index (χ4n) is 6.68. The van der Waals surface area contributed by atoms with E-state index in [0.29, 0.717) is 11.6 Å². The summed E-state index contributed by atoms with van der Waals surface area (Å²) in [5.41, 5.74) is 2.07. The molecule has 43 heavy (non-hydrogen) atoms. The van der Waals surface area contributed by atoms with Crippen LogP contribution in [-0.4, -0.2) is 67.0 Å². The molecule has 1 amide bonds. The fraction of sp³-hybridized carbons (Fsp3) is 0.469. The van der Waals surface area contributed by atoms with E-state index in [2.05, 4.69) is 4.98 Å². The van der Waals surface area contributed by atoms with Gasteiger partial charge in [-0.2, -0.15) is 4.31 Å². The molecule has 9 nitrogen and oxygen atoms in total. The number of sulfonamides is 1. The van der Waals surface area contributed by atoms with Crippen LogP contribution in [0.25, 0.3) is 10.4 Å². The van der Waals surface area contributed by atoms with Crippen LogP contribution in [0, 0.1) is 11.8 Å². The Balaban J connectivity index is 1.29. The van der Waals surface area contributed by atoms with E-state index in [1.807, 2.05) is 30.3 Å². The Labute approximate surface area is 256 Å². The van der Waals surface area contributed by atoms with Crippen molar-refractivity contribution in [2.24, 2.45) is 11.8 Å². The molecular weight excluding hydrogens is 587 g/mol. The van der Waals surface area contributed by atoms with Gasteiger partial charge in [0.25, 0.3) is 0 Å². The lowest BCUT2D eigenvalue weighted by atomic mass is 9.82. The third kappa shape index (κ3) is 6.40. The molecule has 1 aromatic carbocycles. The van der Waals surface area contributed by atoms with Gasteiger partial charge in [0.05, 0.1) is 18.3 Å². The van der Waals surface area contributed by atoms with Gasteiger partial charge in [0.15, 0.2) is 0 Å². The van der Waals surface area contributed by atoms with Crippen LogP contribution in [0.15, 0.2) is 59.6 Å². The van der Waals surface area contributed by atoms with E-state index in [1.165, 1.54) is 10.5 Å². The van der Waals surface area contributed by atoms with Crippen LogP contribution in [0.5, 0.6) is 0 Å². The number of rotatable bonds is 8. The maximum atomic E-state index is 13.9. The Bertz CT molecular complexity index is 1550. The highest BCUT2D eigenvalue weighted by Crippen LogP contribution is 2.42. The molecule has 0 bridgehead atoms. The van der Waals surface area contributed by atoms with Gasteiger partial charge in [0.2, 0.25) is 15.9 Å². The number of anilines is 1. The minimum absolute atomic E-state index is 0.0670. The summed E-state index contributed by atoms with van der Waals surface area (Å²) in [7, 11) is -4.00. The normalized spacial score (nSPS) is 21.3. The number of carbonyl (C=O) groups is 2. The number of nitrogens with zero attached hydrogens (tertiary/aromatic N) is 3. The molecule has 0 unspecified atom stereocenters. The van der Waals surface area contributed by atoms with Gasteiger partial charge in [-0.3, -0.25) is 9.78 Å². The van der Waals surface area contributed by atoms with Crippen LogP contribution in [-0.2, 0) is 26.0 Å². The molecule has 0 radical (unpaired) electrons. The van der Waals surface area contributed by atoms with Crippen molar-refractivity contribution >= 4 is 38.9 Å². The number of thiophene rings is 1. The molecule has 11 heteroatoms. The van der Waals surface area contributed by atoms with Gasteiger partial charge in [0.1, 0.15) is 9.77 Å². The summed E-state index contributed by atoms with van der Waals surface area (Å²) in [4.78, 5) is 33.3. The Kier molecular flexibility index (Phi) is 8.95. The number of carbonyl (C=O) groups excluding carboxylic acids is 1. The second kappa shape index (κ2) is 12.9. The monoisotopic (exact) mass is 623 g/mol. The smallest absolute Gasteiger partial charge is 0.348 e. The largest absolute Gasteiger partial charge is 0.477 e. The van der Waals surface area contributed by atoms with Gasteiger partial charge < -0.3 is 14.7 Å². The minimum Gasteiger partial charge on any atom is -0.477 e. The van der Waals surface area contributed by atoms with Crippen molar-refractivity contribution in [2.45, 2.75) is 62.3 Å². The molecule has 1 aliphatic carbocycles. The van der Waals surface area contributed by atoms with E-state index >= 15 is 0 Å². The van der Waals surface area contributed by atoms with Gasteiger partial charge in [-0.1, -0.05) is 49.6 Å². The minimum atomic E-state index is -4.00. The number of carboxylic acids is 1. The number of hydrogen-bond donors (Lipinski definition) is 1. The van der Waals surface area contributed by atoms with E-state index in [9.17, 15) is 23.1 Å². The molecule has 3 fully saturated rings. The van der Waals surface area contributed by atoms with Gasteiger partial charge in [-0.25, -0.2) is 13.2 Å². The highest BCUT2D eigenvalue weighted by molar-refractivity contribution is 7.89. The van der Waals surface area contributed by atoms with E-state index < -0.39 is 27.9 Å². The number of aromatic nitrogens is 1. The Morgan fingerprint density at radius 2 is 1.77 bits per heavy atom. The molecular formula is C32H37N3O6S2. The zero-order chi connectivity index (χ0) is 30.0. The van der Waals surface area contributed by atoms with Gasteiger partial charge >= 0.3 is 5.97 Å². The number of aromatic carboxylic acids is 1. The summed E-state index contributed by atoms with van der Waals surface area (Å²) in [6.07, 6.45) is 8.95. The first-order chi connectivity index (χ1) is 20.8. The summed E-state index contributed by atoms with van der Waals surface area (Å²) in [6.45, 7) is 1.24. The highest BCUT2D eigenvalue weighted by atomic mass is 32.2. The van der Waals surface area contributed by atoms with E-state index in [-0.39, 0.29) is 28.8 Å². The lowest BCUT2D eigenvalue weighted by Crippen LogP contribution is -2.60. The average molecular weight is 624 g/mol. The number of piperazine rings is 1. The summed E-state index contributed by atoms with van der Waals surface area (Å²) in [5.74, 6) is -0.966. The first-order valence-electron chi connectivity index (χ1n) is 15.1. The summed E-state index contributed by atoms with van der Waals surface area (Å²) >= 11 is 1.14. The number of pyridine rings is 1. The lowest BCUT2D eigenvalue weighted by molar-refractivity contribution is -0.121. The van der Waals surface area contributed by atoms with Gasteiger partial charge in [-0.15, -0.1) is 11.3 Å². The quantitative estimate of drug-likeness (QED) is 0.354. The zero-order valence-corrected chi connectivity index (χ0v) is 25.7. The van der Waals surface area contributed by atoms with E-state index in [4.69, 9.17) is 4.74 Å². The van der Waals surface area contributed by atoms with Crippen molar-refractivity contribution in [3.8, 4) is 10.4 Å². The third-order valence-corrected chi connectivity index (χ3v) is 12.0. The van der Waals surface area contributed by atoms with Crippen LogP contribution in [0.2, 0.25) is 0 Å². The van der Waals surface area contributed by atoms with Crippen molar-refractivity contribution in [2.75, 3.05) is 31.2 Å². The van der Waals surface area contributed by atoms with Crippen molar-refractivity contribution in [1.29, 1.82) is 0 Å². The molecule has 3 aromatic rings. The molecule has 1 N–H and O–H groups in total. The number of hydrogen-bond acceptors (Lipinski definition) is 7. The number of carboxylic acid groups (broad SMARTS) is 1. The predicted molar refractivity (Wildman–Crippen MR) is 165 cm³/mol. The maximum absolute atomic E-state index is 13.9. The van der Waals surface area contributed by atoms with Crippen LogP contribution in [0.3, 0.4) is 0 Å². The summed E-state index contributed by atoms with van der Waals surface area (Å²) in [6, 6.07) is 14.2. The fourth-order valence-corrected chi connectivity index (χ4v) is 9.03. The summed E-state index contributed by atoms with van der Waals surface area (Å²) in [5, 5.41) is 10.1. The van der Waals surface area contributed by atoms with Crippen LogP contribution in [0.1, 0.15) is 60.3 Å². The molecule has 4 heterocycles. The average Bonchev–Trinajstić information content (AvgIpc) is 3.48. The van der Waals surface area contributed by atoms with Crippen LogP contribution < -0.4 is 4.90 Å². The molecule has 228 valence electrons. The predicted octanol–water partition coefficient (Wildman–Crippen LogP) is 5.46. The molecule has 3 aliphatic rings. The van der Waals surface area contributed by atoms with E-state index in [0.717, 1.165) is 92.1 Å². The Hall–Kier alpha value is -3.12.